The van der Waals surface area contributed by atoms with E-state index in [-0.39, 0.29) is 11.9 Å². The molecular weight excluding hydrogens is 292 g/mol. The molecule has 0 spiro atoms. The number of quaternary nitrogens is 1. The molecule has 3 nitrogen and oxygen atoms in total. The Morgan fingerprint density at radius 2 is 2.00 bits per heavy atom. The molecule has 106 valence electrons. The SMILES string of the molecule is C[C@H](C(=O)Nc1ccccc1)[NH+](C)Cc1ccc(Cl)s1. The van der Waals surface area contributed by atoms with Gasteiger partial charge in [0.1, 0.15) is 6.54 Å². The molecule has 2 aromatic rings. The second kappa shape index (κ2) is 6.88. The largest absolute Gasteiger partial charge is 0.323 e. The maximum atomic E-state index is 12.2. The van der Waals surface area contributed by atoms with Gasteiger partial charge in [0.05, 0.1) is 16.3 Å². The summed E-state index contributed by atoms with van der Waals surface area (Å²) in [4.78, 5) is 14.5. The summed E-state index contributed by atoms with van der Waals surface area (Å²) >= 11 is 7.49. The van der Waals surface area contributed by atoms with Crippen LogP contribution in [0.3, 0.4) is 0 Å². The van der Waals surface area contributed by atoms with Crippen molar-refractivity contribution < 1.29 is 9.69 Å². The van der Waals surface area contributed by atoms with Crippen molar-refractivity contribution in [1.29, 1.82) is 0 Å². The summed E-state index contributed by atoms with van der Waals surface area (Å²) in [5.74, 6) is 0.0244. The maximum Gasteiger partial charge on any atom is 0.282 e. The van der Waals surface area contributed by atoms with E-state index in [0.717, 1.165) is 21.5 Å². The predicted octanol–water partition coefficient (Wildman–Crippen LogP) is 2.44. The first-order valence-corrected chi connectivity index (χ1v) is 7.68. The molecule has 20 heavy (non-hydrogen) atoms. The molecule has 1 aromatic heterocycles. The molecule has 0 fully saturated rings. The van der Waals surface area contributed by atoms with Crippen molar-refractivity contribution in [2.24, 2.45) is 0 Å². The number of halogens is 1. The predicted molar refractivity (Wildman–Crippen MR) is 84.5 cm³/mol. The Balaban J connectivity index is 1.92. The zero-order valence-electron chi connectivity index (χ0n) is 11.5. The summed E-state index contributed by atoms with van der Waals surface area (Å²) in [6.45, 7) is 2.73. The summed E-state index contributed by atoms with van der Waals surface area (Å²) in [5.41, 5.74) is 0.830. The lowest BCUT2D eigenvalue weighted by atomic mass is 10.2. The smallest absolute Gasteiger partial charge is 0.282 e. The van der Waals surface area contributed by atoms with Gasteiger partial charge < -0.3 is 10.2 Å². The molecule has 5 heteroatoms. The van der Waals surface area contributed by atoms with Crippen molar-refractivity contribution in [2.75, 3.05) is 12.4 Å². The summed E-state index contributed by atoms with van der Waals surface area (Å²) in [6, 6.07) is 13.3. The lowest BCUT2D eigenvalue weighted by Gasteiger charge is -2.20. The number of anilines is 1. The number of carbonyl (C=O) groups excluding carboxylic acids is 1. The van der Waals surface area contributed by atoms with E-state index in [2.05, 4.69) is 5.32 Å². The first kappa shape index (κ1) is 15.0. The number of likely N-dealkylation sites (N-methyl/N-ethyl adjacent to an activating group) is 1. The maximum absolute atomic E-state index is 12.2. The molecule has 0 aliphatic rings. The average Bonchev–Trinajstić information content (AvgIpc) is 2.84. The molecule has 1 aromatic carbocycles. The Morgan fingerprint density at radius 1 is 1.30 bits per heavy atom. The highest BCUT2D eigenvalue weighted by Crippen LogP contribution is 2.20. The van der Waals surface area contributed by atoms with E-state index < -0.39 is 0 Å². The summed E-state index contributed by atoms with van der Waals surface area (Å²) < 4.78 is 0.786. The zero-order valence-corrected chi connectivity index (χ0v) is 13.1. The molecule has 0 aliphatic carbocycles. The second-order valence-electron chi connectivity index (χ2n) is 4.81. The van der Waals surface area contributed by atoms with Crippen molar-refractivity contribution >= 4 is 34.5 Å². The molecule has 0 bridgehead atoms. The monoisotopic (exact) mass is 309 g/mol. The molecule has 2 rings (SSSR count). The minimum Gasteiger partial charge on any atom is -0.323 e. The fraction of sp³-hybridized carbons (Fsp3) is 0.267. The fourth-order valence-corrected chi connectivity index (χ4v) is 3.05. The molecule has 2 N–H and O–H groups in total. The van der Waals surface area contributed by atoms with Crippen LogP contribution in [0.25, 0.3) is 0 Å². The van der Waals surface area contributed by atoms with Crippen LogP contribution in [0.5, 0.6) is 0 Å². The molecule has 0 radical (unpaired) electrons. The number of hydrogen-bond acceptors (Lipinski definition) is 2. The number of rotatable bonds is 5. The van der Waals surface area contributed by atoms with E-state index in [1.165, 1.54) is 4.88 Å². The van der Waals surface area contributed by atoms with Gasteiger partial charge in [0.25, 0.3) is 5.91 Å². The number of nitrogens with one attached hydrogen (secondary N) is 2. The first-order chi connectivity index (χ1) is 9.56. The van der Waals surface area contributed by atoms with E-state index in [4.69, 9.17) is 11.6 Å². The number of amides is 1. The Labute approximate surface area is 128 Å². The highest BCUT2D eigenvalue weighted by Gasteiger charge is 2.22. The van der Waals surface area contributed by atoms with E-state index in [0.29, 0.717) is 0 Å². The summed E-state index contributed by atoms with van der Waals surface area (Å²) in [6.07, 6.45) is 0. The van der Waals surface area contributed by atoms with Crippen molar-refractivity contribution in [3.05, 3.63) is 51.7 Å². The van der Waals surface area contributed by atoms with Gasteiger partial charge in [-0.3, -0.25) is 4.79 Å². The second-order valence-corrected chi connectivity index (χ2v) is 6.61. The van der Waals surface area contributed by atoms with Crippen molar-refractivity contribution in [1.82, 2.24) is 0 Å². The Bertz CT molecular complexity index is 570. The van der Waals surface area contributed by atoms with Gasteiger partial charge in [0.2, 0.25) is 0 Å². The Hall–Kier alpha value is -1.36. The van der Waals surface area contributed by atoms with Gasteiger partial charge in [-0.25, -0.2) is 0 Å². The fourth-order valence-electron chi connectivity index (χ4n) is 1.87. The molecule has 0 saturated heterocycles. The van der Waals surface area contributed by atoms with Crippen molar-refractivity contribution in [2.45, 2.75) is 19.5 Å². The number of thiophene rings is 1. The standard InChI is InChI=1S/C15H17ClN2OS/c1-11(15(19)17-12-6-4-3-5-7-12)18(2)10-13-8-9-14(16)20-13/h3-9,11H,10H2,1-2H3,(H,17,19)/p+1/t11-/m1/s1. The topological polar surface area (TPSA) is 33.5 Å². The zero-order chi connectivity index (χ0) is 14.5. The van der Waals surface area contributed by atoms with Gasteiger partial charge in [0, 0.05) is 5.69 Å². The molecule has 1 heterocycles. The number of carbonyl (C=O) groups is 1. The summed E-state index contributed by atoms with van der Waals surface area (Å²) in [5, 5.41) is 2.93. The number of benzene rings is 1. The lowest BCUT2D eigenvalue weighted by Crippen LogP contribution is -3.12. The molecule has 0 aliphatic heterocycles. The van der Waals surface area contributed by atoms with E-state index in [9.17, 15) is 4.79 Å². The number of para-hydroxylation sites is 1. The highest BCUT2D eigenvalue weighted by molar-refractivity contribution is 7.16. The van der Waals surface area contributed by atoms with Crippen LogP contribution in [0.4, 0.5) is 5.69 Å². The van der Waals surface area contributed by atoms with Gasteiger partial charge in [0.15, 0.2) is 6.04 Å². The molecule has 2 atom stereocenters. The lowest BCUT2D eigenvalue weighted by molar-refractivity contribution is -0.907. The third-order valence-electron chi connectivity index (χ3n) is 3.26. The molecular formula is C15H18ClN2OS+. The van der Waals surface area contributed by atoms with Gasteiger partial charge >= 0.3 is 0 Å². The van der Waals surface area contributed by atoms with Gasteiger partial charge in [-0.05, 0) is 31.2 Å². The van der Waals surface area contributed by atoms with Crippen LogP contribution >= 0.6 is 22.9 Å². The van der Waals surface area contributed by atoms with Crippen LogP contribution in [-0.2, 0) is 11.3 Å². The normalized spacial score (nSPS) is 13.8. The van der Waals surface area contributed by atoms with Crippen LogP contribution in [0.2, 0.25) is 4.34 Å². The Morgan fingerprint density at radius 3 is 2.60 bits per heavy atom. The van der Waals surface area contributed by atoms with Crippen LogP contribution < -0.4 is 10.2 Å². The van der Waals surface area contributed by atoms with Gasteiger partial charge in [-0.2, -0.15) is 0 Å². The first-order valence-electron chi connectivity index (χ1n) is 6.48. The quantitative estimate of drug-likeness (QED) is 0.874. The average molecular weight is 310 g/mol. The van der Waals surface area contributed by atoms with Crippen molar-refractivity contribution in [3.8, 4) is 0 Å². The van der Waals surface area contributed by atoms with Crippen molar-refractivity contribution in [3.63, 3.8) is 0 Å². The van der Waals surface area contributed by atoms with Gasteiger partial charge in [-0.15, -0.1) is 11.3 Å². The highest BCUT2D eigenvalue weighted by atomic mass is 35.5. The number of hydrogen-bond donors (Lipinski definition) is 2. The van der Waals surface area contributed by atoms with E-state index in [1.54, 1.807) is 11.3 Å². The molecule has 1 unspecified atom stereocenters. The molecule has 1 amide bonds. The summed E-state index contributed by atoms with van der Waals surface area (Å²) in [7, 11) is 2.02. The Kier molecular flexibility index (Phi) is 5.17. The van der Waals surface area contributed by atoms with Gasteiger partial charge in [-0.1, -0.05) is 29.8 Å². The van der Waals surface area contributed by atoms with Crippen LogP contribution in [0.15, 0.2) is 42.5 Å². The van der Waals surface area contributed by atoms with E-state index in [1.807, 2.05) is 56.4 Å². The minimum atomic E-state index is -0.129. The van der Waals surface area contributed by atoms with Crippen LogP contribution in [0.1, 0.15) is 11.8 Å². The van der Waals surface area contributed by atoms with Crippen LogP contribution in [0, 0.1) is 0 Å². The minimum absolute atomic E-state index is 0.0244. The molecule has 0 saturated carbocycles. The van der Waals surface area contributed by atoms with Crippen LogP contribution in [-0.4, -0.2) is 19.0 Å². The third-order valence-corrected chi connectivity index (χ3v) is 4.49. The third kappa shape index (κ3) is 4.07. The van der Waals surface area contributed by atoms with E-state index >= 15 is 0 Å².